The molecule has 0 atom stereocenters. The number of rotatable bonds is 7. The van der Waals surface area contributed by atoms with E-state index in [1.165, 1.54) is 0 Å². The topological polar surface area (TPSA) is 92.9 Å². The predicted octanol–water partition coefficient (Wildman–Crippen LogP) is 1.57. The minimum absolute atomic E-state index is 0.165. The van der Waals surface area contributed by atoms with Crippen LogP contribution in [0, 0.1) is 6.92 Å². The van der Waals surface area contributed by atoms with Gasteiger partial charge in [-0.25, -0.2) is 4.98 Å². The second-order valence-corrected chi connectivity index (χ2v) is 4.56. The highest BCUT2D eigenvalue weighted by molar-refractivity contribution is 5.98. The Bertz CT molecular complexity index is 597. The SMILES string of the molecule is CCCNc1ncccc1C(=O)NCCc1noc(C)n1. The van der Waals surface area contributed by atoms with E-state index in [9.17, 15) is 4.79 Å². The first kappa shape index (κ1) is 15.0. The highest BCUT2D eigenvalue weighted by Gasteiger charge is 2.11. The molecule has 0 aliphatic rings. The van der Waals surface area contributed by atoms with Crippen molar-refractivity contribution >= 4 is 11.7 Å². The van der Waals surface area contributed by atoms with Gasteiger partial charge in [0.25, 0.3) is 5.91 Å². The van der Waals surface area contributed by atoms with Crippen molar-refractivity contribution < 1.29 is 9.32 Å². The van der Waals surface area contributed by atoms with Gasteiger partial charge in [-0.05, 0) is 18.6 Å². The first-order valence-corrected chi connectivity index (χ1v) is 6.97. The van der Waals surface area contributed by atoms with Crippen LogP contribution in [0.15, 0.2) is 22.9 Å². The maximum atomic E-state index is 12.2. The molecule has 0 radical (unpaired) electrons. The molecule has 112 valence electrons. The summed E-state index contributed by atoms with van der Waals surface area (Å²) in [7, 11) is 0. The molecule has 0 fully saturated rings. The molecule has 2 heterocycles. The van der Waals surface area contributed by atoms with Crippen LogP contribution in [0.3, 0.4) is 0 Å². The van der Waals surface area contributed by atoms with Crippen LogP contribution in [0.1, 0.15) is 35.4 Å². The van der Waals surface area contributed by atoms with Gasteiger partial charge in [-0.1, -0.05) is 12.1 Å². The van der Waals surface area contributed by atoms with Crippen LogP contribution in [0.25, 0.3) is 0 Å². The van der Waals surface area contributed by atoms with Crippen molar-refractivity contribution in [3.8, 4) is 0 Å². The lowest BCUT2D eigenvalue weighted by Gasteiger charge is -2.10. The Kier molecular flexibility index (Phi) is 5.25. The Labute approximate surface area is 123 Å². The number of hydrogen-bond acceptors (Lipinski definition) is 6. The van der Waals surface area contributed by atoms with E-state index in [2.05, 4.69) is 32.7 Å². The molecule has 2 rings (SSSR count). The fourth-order valence-corrected chi connectivity index (χ4v) is 1.80. The van der Waals surface area contributed by atoms with E-state index >= 15 is 0 Å². The molecule has 7 nitrogen and oxygen atoms in total. The summed E-state index contributed by atoms with van der Waals surface area (Å²) in [6.45, 7) is 5.01. The number of carbonyl (C=O) groups is 1. The van der Waals surface area contributed by atoms with E-state index < -0.39 is 0 Å². The molecule has 2 aromatic heterocycles. The zero-order chi connectivity index (χ0) is 15.1. The zero-order valence-corrected chi connectivity index (χ0v) is 12.2. The van der Waals surface area contributed by atoms with Gasteiger partial charge in [-0.15, -0.1) is 0 Å². The molecule has 0 aliphatic carbocycles. The summed E-state index contributed by atoms with van der Waals surface area (Å²) in [5, 5.41) is 9.76. The van der Waals surface area contributed by atoms with Crippen LogP contribution < -0.4 is 10.6 Å². The average molecular weight is 289 g/mol. The highest BCUT2D eigenvalue weighted by Crippen LogP contribution is 2.11. The van der Waals surface area contributed by atoms with Gasteiger partial charge in [0.1, 0.15) is 5.82 Å². The van der Waals surface area contributed by atoms with E-state index in [4.69, 9.17) is 4.52 Å². The van der Waals surface area contributed by atoms with Crippen molar-refractivity contribution in [3.05, 3.63) is 35.6 Å². The summed E-state index contributed by atoms with van der Waals surface area (Å²) in [6.07, 6.45) is 3.16. The molecule has 0 aliphatic heterocycles. The quantitative estimate of drug-likeness (QED) is 0.803. The van der Waals surface area contributed by atoms with Crippen LogP contribution in [0.5, 0.6) is 0 Å². The molecule has 0 unspecified atom stereocenters. The molecule has 0 saturated carbocycles. The number of amides is 1. The Morgan fingerprint density at radius 2 is 2.24 bits per heavy atom. The van der Waals surface area contributed by atoms with Gasteiger partial charge in [0.2, 0.25) is 5.89 Å². The normalized spacial score (nSPS) is 10.4. The Morgan fingerprint density at radius 1 is 1.38 bits per heavy atom. The lowest BCUT2D eigenvalue weighted by Crippen LogP contribution is -2.27. The molecule has 0 saturated heterocycles. The zero-order valence-electron chi connectivity index (χ0n) is 12.2. The number of aromatic nitrogens is 3. The first-order chi connectivity index (χ1) is 10.2. The smallest absolute Gasteiger partial charge is 0.255 e. The van der Waals surface area contributed by atoms with Crippen LogP contribution in [-0.4, -0.2) is 34.1 Å². The van der Waals surface area contributed by atoms with Crippen LogP contribution >= 0.6 is 0 Å². The second-order valence-electron chi connectivity index (χ2n) is 4.56. The molecule has 0 aromatic carbocycles. The van der Waals surface area contributed by atoms with Crippen LogP contribution in [-0.2, 0) is 6.42 Å². The molecular weight excluding hydrogens is 270 g/mol. The third-order valence-electron chi connectivity index (χ3n) is 2.80. The maximum absolute atomic E-state index is 12.2. The van der Waals surface area contributed by atoms with Crippen molar-refractivity contribution in [1.82, 2.24) is 20.4 Å². The van der Waals surface area contributed by atoms with Crippen LogP contribution in [0.2, 0.25) is 0 Å². The first-order valence-electron chi connectivity index (χ1n) is 6.97. The van der Waals surface area contributed by atoms with Crippen molar-refractivity contribution in [1.29, 1.82) is 0 Å². The average Bonchev–Trinajstić information content (AvgIpc) is 2.91. The monoisotopic (exact) mass is 289 g/mol. The Balaban J connectivity index is 1.90. The molecule has 7 heteroatoms. The maximum Gasteiger partial charge on any atom is 0.255 e. The number of aryl methyl sites for hydroxylation is 1. The Morgan fingerprint density at radius 3 is 2.95 bits per heavy atom. The lowest BCUT2D eigenvalue weighted by atomic mass is 10.2. The van der Waals surface area contributed by atoms with E-state index in [1.807, 2.05) is 0 Å². The number of pyridine rings is 1. The summed E-state index contributed by atoms with van der Waals surface area (Å²) in [5.74, 6) is 1.55. The predicted molar refractivity (Wildman–Crippen MR) is 78.1 cm³/mol. The fraction of sp³-hybridized carbons (Fsp3) is 0.429. The minimum atomic E-state index is -0.165. The second kappa shape index (κ2) is 7.37. The summed E-state index contributed by atoms with van der Waals surface area (Å²) in [5.41, 5.74) is 0.537. The Hall–Kier alpha value is -2.44. The molecule has 0 spiro atoms. The molecule has 1 amide bonds. The lowest BCUT2D eigenvalue weighted by molar-refractivity contribution is 0.0954. The van der Waals surface area contributed by atoms with E-state index in [-0.39, 0.29) is 5.91 Å². The molecule has 2 aromatic rings. The van der Waals surface area contributed by atoms with Gasteiger partial charge < -0.3 is 15.2 Å². The molecule has 21 heavy (non-hydrogen) atoms. The third-order valence-corrected chi connectivity index (χ3v) is 2.80. The van der Waals surface area contributed by atoms with Crippen molar-refractivity contribution in [2.45, 2.75) is 26.7 Å². The summed E-state index contributed by atoms with van der Waals surface area (Å²) >= 11 is 0. The third kappa shape index (κ3) is 4.27. The largest absolute Gasteiger partial charge is 0.369 e. The van der Waals surface area contributed by atoms with Gasteiger partial charge in [0, 0.05) is 32.6 Å². The number of nitrogens with one attached hydrogen (secondary N) is 2. The fourth-order valence-electron chi connectivity index (χ4n) is 1.80. The summed E-state index contributed by atoms with van der Waals surface area (Å²) in [4.78, 5) is 20.4. The van der Waals surface area contributed by atoms with E-state index in [0.717, 1.165) is 13.0 Å². The van der Waals surface area contributed by atoms with E-state index in [0.29, 0.717) is 36.1 Å². The van der Waals surface area contributed by atoms with E-state index in [1.54, 1.807) is 25.3 Å². The molecule has 0 bridgehead atoms. The number of anilines is 1. The molecular formula is C14H19N5O2. The molecule has 2 N–H and O–H groups in total. The van der Waals surface area contributed by atoms with Crippen molar-refractivity contribution in [3.63, 3.8) is 0 Å². The van der Waals surface area contributed by atoms with Gasteiger partial charge in [-0.3, -0.25) is 4.79 Å². The van der Waals surface area contributed by atoms with Gasteiger partial charge >= 0.3 is 0 Å². The van der Waals surface area contributed by atoms with Gasteiger partial charge in [0.05, 0.1) is 5.56 Å². The van der Waals surface area contributed by atoms with Crippen molar-refractivity contribution in [2.75, 3.05) is 18.4 Å². The van der Waals surface area contributed by atoms with Crippen LogP contribution in [0.4, 0.5) is 5.82 Å². The number of hydrogen-bond donors (Lipinski definition) is 2. The standard InChI is InChI=1S/C14H19N5O2/c1-3-7-15-13-11(5-4-8-16-13)14(20)17-9-6-12-18-10(2)21-19-12/h4-5,8H,3,6-7,9H2,1-2H3,(H,15,16)(H,17,20). The van der Waals surface area contributed by atoms with Gasteiger partial charge in [-0.2, -0.15) is 4.98 Å². The van der Waals surface area contributed by atoms with Crippen molar-refractivity contribution in [2.24, 2.45) is 0 Å². The number of carbonyl (C=O) groups excluding carboxylic acids is 1. The van der Waals surface area contributed by atoms with Gasteiger partial charge in [0.15, 0.2) is 5.82 Å². The minimum Gasteiger partial charge on any atom is -0.369 e. The summed E-state index contributed by atoms with van der Waals surface area (Å²) < 4.78 is 4.88. The summed E-state index contributed by atoms with van der Waals surface area (Å²) in [6, 6.07) is 3.49. The number of nitrogens with zero attached hydrogens (tertiary/aromatic N) is 3. The highest BCUT2D eigenvalue weighted by atomic mass is 16.5.